The number of carbonyl (C=O) groups excluding carboxylic acids is 1. The van der Waals surface area contributed by atoms with Crippen LogP contribution in [0, 0.1) is 71.0 Å². The Kier molecular flexibility index (Phi) is 39.9. The van der Waals surface area contributed by atoms with Gasteiger partial charge < -0.3 is 61.4 Å². The lowest BCUT2D eigenvalue weighted by Gasteiger charge is -2.44. The fraction of sp³-hybridized carbons (Fsp3) is 0.611. The molecular weight excluding hydrogens is 1440 g/mol. The molecule has 0 saturated carbocycles. The molecule has 578 valence electrons. The number of amides is 1. The number of allylic oxidation sites excluding steroid dienone is 6. The van der Waals surface area contributed by atoms with Gasteiger partial charge in [0.2, 0.25) is 0 Å². The Labute approximate surface area is 650 Å². The number of hydrogen-bond donors (Lipinski definition) is 0. The van der Waals surface area contributed by atoms with Crippen LogP contribution in [-0.2, 0) is 32.6 Å². The Hall–Kier alpha value is -3.80. The molecule has 4 aromatic carbocycles. The summed E-state index contributed by atoms with van der Waals surface area (Å²) >= 11 is 0. The topological polar surface area (TPSA) is 84.9 Å². The van der Waals surface area contributed by atoms with Gasteiger partial charge in [-0.05, 0) is 177 Å². The lowest BCUT2D eigenvalue weighted by atomic mass is 9.77. The summed E-state index contributed by atoms with van der Waals surface area (Å²) < 4.78 is 44.2. The van der Waals surface area contributed by atoms with E-state index >= 15 is 0 Å². The number of carbonyl (C=O) groups is 1. The fourth-order valence-corrected chi connectivity index (χ4v) is 22.2. The van der Waals surface area contributed by atoms with Gasteiger partial charge in [-0.25, -0.2) is 0 Å². The van der Waals surface area contributed by atoms with Crippen LogP contribution in [0.15, 0.2) is 163 Å². The van der Waals surface area contributed by atoms with Crippen LogP contribution in [0.1, 0.15) is 184 Å². The molecule has 0 N–H and O–H groups in total. The molecule has 0 radical (unpaired) electrons. The van der Waals surface area contributed by atoms with Crippen molar-refractivity contribution in [1.29, 1.82) is 0 Å². The fourth-order valence-electron chi connectivity index (χ4n) is 14.6. The summed E-state index contributed by atoms with van der Waals surface area (Å²) in [5.41, 5.74) is 4.58. The third kappa shape index (κ3) is 27.4. The molecule has 1 aliphatic heterocycles. The summed E-state index contributed by atoms with van der Waals surface area (Å²) in [6.07, 6.45) is 24.0. The molecule has 0 aliphatic carbocycles. The minimum atomic E-state index is -2.03. The lowest BCUT2D eigenvalue weighted by Crippen LogP contribution is -3.00. The number of fused-ring (bicyclic) bond motifs is 1. The van der Waals surface area contributed by atoms with Crippen LogP contribution in [0.4, 0.5) is 5.69 Å². The van der Waals surface area contributed by atoms with Crippen LogP contribution < -0.4 is 49.5 Å². The number of benzene rings is 4. The number of anilines is 1. The monoisotopic (exact) mass is 1580 g/mol. The third-order valence-electron chi connectivity index (χ3n) is 23.4. The predicted molar refractivity (Wildman–Crippen MR) is 448 cm³/mol. The molecule has 13 heteroatoms. The van der Waals surface area contributed by atoms with E-state index in [0.717, 1.165) is 48.8 Å². The normalized spacial score (nSPS) is 18.6. The number of rotatable bonds is 39. The highest BCUT2D eigenvalue weighted by Gasteiger charge is 2.49. The molecule has 0 spiro atoms. The molecule has 0 bridgehead atoms. The molecule has 4 unspecified atom stereocenters. The summed E-state index contributed by atoms with van der Waals surface area (Å²) in [5, 5.41) is 4.52. The molecule has 0 fully saturated rings. The van der Waals surface area contributed by atoms with Crippen LogP contribution in [-0.4, -0.2) is 94.6 Å². The maximum Gasteiger partial charge on any atom is 0.264 e. The maximum absolute atomic E-state index is 12.2. The largest absolute Gasteiger partial charge is 1.00 e. The average molecular weight is 1580 g/mol. The van der Waals surface area contributed by atoms with Crippen molar-refractivity contribution in [3.05, 3.63) is 168 Å². The molecule has 0 saturated heterocycles. The van der Waals surface area contributed by atoms with E-state index in [-0.39, 0.29) is 108 Å². The van der Waals surface area contributed by atoms with Crippen molar-refractivity contribution in [3.8, 4) is 5.75 Å². The SMILES string of the molecule is CC/C=C\C(C)[C@H](C)[C@@H](C)[C@H](O[Si](C)(C)C(C)(C)C)[C@@H](C)C/C(C)=C\[C@H](C)[C@@H](OCOC)C(C)/C=C\c1ccc2c(c1)N(C)C(=O)CO2.CC/C=C\C(C)[C@H](C)[C@@H](C)[C@H](O[Si](C)(C)C(C)(C)C)[C@@H](C)C/C(C)=C\[C@H](C)[C@@H](OCOC)C(C)C[P+](c1ccccc1)(c1ccccc1)c1ccccc1.[I-]. The molecule has 16 atom stereocenters. The lowest BCUT2D eigenvalue weighted by molar-refractivity contribution is -0.121. The van der Waals surface area contributed by atoms with E-state index in [1.54, 1.807) is 26.2 Å². The van der Waals surface area contributed by atoms with Gasteiger partial charge in [0, 0.05) is 44.9 Å². The van der Waals surface area contributed by atoms with Gasteiger partial charge in [0.05, 0.1) is 36.3 Å². The van der Waals surface area contributed by atoms with Gasteiger partial charge in [-0.15, -0.1) is 0 Å². The van der Waals surface area contributed by atoms with Crippen molar-refractivity contribution in [2.24, 2.45) is 71.0 Å². The summed E-state index contributed by atoms with van der Waals surface area (Å²) in [7, 11) is -0.838. The van der Waals surface area contributed by atoms with Gasteiger partial charge in [0.1, 0.15) is 42.5 Å². The zero-order chi connectivity index (χ0) is 76.5. The molecule has 103 heavy (non-hydrogen) atoms. The van der Waals surface area contributed by atoms with Gasteiger partial charge >= 0.3 is 0 Å². The molecule has 1 heterocycles. The number of methoxy groups -OCH3 is 2. The Balaban J connectivity index is 0.000000534. The quantitative estimate of drug-likeness (QED) is 0.0144. The Morgan fingerprint density at radius 1 is 0.524 bits per heavy atom. The van der Waals surface area contributed by atoms with E-state index in [4.69, 9.17) is 32.5 Å². The van der Waals surface area contributed by atoms with Crippen molar-refractivity contribution >= 4 is 57.5 Å². The van der Waals surface area contributed by atoms with E-state index in [2.05, 4.69) is 318 Å². The van der Waals surface area contributed by atoms with Gasteiger partial charge in [-0.3, -0.25) is 4.79 Å². The van der Waals surface area contributed by atoms with Gasteiger partial charge in [-0.1, -0.05) is 259 Å². The van der Waals surface area contributed by atoms with Crippen molar-refractivity contribution in [3.63, 3.8) is 0 Å². The number of ether oxygens (including phenoxy) is 5. The van der Waals surface area contributed by atoms with Crippen LogP contribution in [0.25, 0.3) is 6.08 Å². The van der Waals surface area contributed by atoms with Crippen LogP contribution in [0.3, 0.4) is 0 Å². The molecule has 1 amide bonds. The Morgan fingerprint density at radius 2 is 0.913 bits per heavy atom. The molecule has 9 nitrogen and oxygen atoms in total. The van der Waals surface area contributed by atoms with E-state index in [1.165, 1.54) is 27.1 Å². The zero-order valence-electron chi connectivity index (χ0n) is 69.9. The summed E-state index contributed by atoms with van der Waals surface area (Å²) in [6.45, 7) is 61.7. The smallest absolute Gasteiger partial charge is 0.264 e. The Morgan fingerprint density at radius 3 is 1.29 bits per heavy atom. The van der Waals surface area contributed by atoms with E-state index in [9.17, 15) is 4.79 Å². The first-order valence-electron chi connectivity index (χ1n) is 38.8. The van der Waals surface area contributed by atoms with Crippen molar-refractivity contribution in [2.45, 2.75) is 239 Å². The first-order chi connectivity index (χ1) is 47.8. The molecule has 0 aromatic heterocycles. The summed E-state index contributed by atoms with van der Waals surface area (Å²) in [4.78, 5) is 13.8. The molecule has 5 rings (SSSR count). The van der Waals surface area contributed by atoms with E-state index < -0.39 is 23.9 Å². The second kappa shape index (κ2) is 44.0. The minimum absolute atomic E-state index is 0. The maximum atomic E-state index is 12.2. The number of hydrogen-bond acceptors (Lipinski definition) is 8. The van der Waals surface area contributed by atoms with Crippen molar-refractivity contribution < 1.29 is 61.3 Å². The van der Waals surface area contributed by atoms with Gasteiger partial charge in [0.15, 0.2) is 23.2 Å². The highest BCUT2D eigenvalue weighted by atomic mass is 127. The number of likely N-dealkylation sites (N-methyl/N-ethyl adjacent to an activating group) is 1. The average Bonchev–Trinajstić information content (AvgIpc) is 0.761. The number of halogens is 1. The van der Waals surface area contributed by atoms with Crippen LogP contribution >= 0.6 is 7.26 Å². The second-order valence-corrected chi connectivity index (χ2v) is 46.9. The van der Waals surface area contributed by atoms with E-state index in [0.29, 0.717) is 47.3 Å². The standard InChI is InChI=1S/C49H76O3PSi.C41H69NO5Si.HI/c1-15-16-26-38(3)42(7)43(8)48(52-54(13,14)49(9,10)11)40(5)34-37(2)33-39(4)47(51-36-50-12)41(6)35-53(44-27-20-17-21-28-44,45-29-22-18-23-30-45)46-31-24-19-25-32-46;1-16-17-18-29(3)33(7)34(8)40(47-48(14,15)41(9,10)11)32(6)24-28(2)23-31(5)39(46-27-44-13)30(4)19-20-35-21-22-37-36(25-35)42(12)38(43)26-45-37;/h16-33,38-43,47-48H,15,34-36H2,1-14H3;17-23,25,29-34,39-40H,16,24,26-27H2,1-15H3;1H/q+1;;/p-1/b26-16-,37-33-;18-17-,20-19-,28-23-;/t38?,39-,40-,41?,42-,43+,47+,48+;29?,30?,31-,32-,33-,34+,39-,40+;/m00./s1. The third-order valence-corrected chi connectivity index (χ3v) is 37.0. The zero-order valence-corrected chi connectivity index (χ0v) is 75.0. The Bertz CT molecular complexity index is 3130. The van der Waals surface area contributed by atoms with Gasteiger partial charge in [-0.2, -0.15) is 0 Å². The molecule has 1 aliphatic rings. The van der Waals surface area contributed by atoms with Gasteiger partial charge in [0.25, 0.3) is 5.91 Å². The summed E-state index contributed by atoms with van der Waals surface area (Å²) in [5.74, 6) is 5.06. The second-order valence-electron chi connectivity index (χ2n) is 33.9. The van der Waals surface area contributed by atoms with Crippen LogP contribution in [0.5, 0.6) is 5.75 Å². The summed E-state index contributed by atoms with van der Waals surface area (Å²) in [6, 6.07) is 39.6. The molecule has 4 aromatic rings. The van der Waals surface area contributed by atoms with Crippen molar-refractivity contribution in [1.82, 2.24) is 0 Å². The highest BCUT2D eigenvalue weighted by molar-refractivity contribution is 7.95. The van der Waals surface area contributed by atoms with Crippen LogP contribution in [0.2, 0.25) is 36.3 Å². The van der Waals surface area contributed by atoms with Crippen molar-refractivity contribution in [2.75, 3.05) is 52.5 Å². The molecular formula is C90H145INO8PSi2. The number of nitrogens with zero attached hydrogens (tertiary/aromatic N) is 1. The first kappa shape index (κ1) is 93.4. The predicted octanol–water partition coefficient (Wildman–Crippen LogP) is 20.0. The highest BCUT2D eigenvalue weighted by Crippen LogP contribution is 2.57. The first-order valence-corrected chi connectivity index (χ1v) is 46.6. The minimum Gasteiger partial charge on any atom is -1.00 e. The van der Waals surface area contributed by atoms with E-state index in [1.807, 2.05) is 18.2 Å².